The van der Waals surface area contributed by atoms with Crippen molar-refractivity contribution in [2.24, 2.45) is 0 Å². The smallest absolute Gasteiger partial charge is 0.208 e. The minimum Gasteiger partial charge on any atom is -0.314 e. The fraction of sp³-hybridized carbons (Fsp3) is 0.125. The number of nitrogens with zero attached hydrogens (tertiary/aromatic N) is 3. The minimum atomic E-state index is 0.731. The van der Waals surface area contributed by atoms with Crippen molar-refractivity contribution in [1.82, 2.24) is 14.3 Å². The lowest BCUT2D eigenvalue weighted by atomic mass is 10.5. The summed E-state index contributed by atoms with van der Waals surface area (Å²) in [5.41, 5.74) is 0. The van der Waals surface area contributed by atoms with Crippen LogP contribution in [0.2, 0.25) is 0 Å². The van der Waals surface area contributed by atoms with Gasteiger partial charge in [-0.1, -0.05) is 0 Å². The van der Waals surface area contributed by atoms with E-state index >= 15 is 0 Å². The third kappa shape index (κ3) is 2.73. The van der Waals surface area contributed by atoms with Crippen molar-refractivity contribution in [3.8, 4) is 0 Å². The Morgan fingerprint density at radius 1 is 1.40 bits per heavy atom. The van der Waals surface area contributed by atoms with Crippen molar-refractivity contribution in [3.63, 3.8) is 0 Å². The Hall–Kier alpha value is -0.530. The predicted octanol–water partition coefficient (Wildman–Crippen LogP) is 3.51. The molecule has 0 spiro atoms. The highest BCUT2D eigenvalue weighted by molar-refractivity contribution is 9.11. The number of hydrogen-bond donors (Lipinski definition) is 1. The van der Waals surface area contributed by atoms with Crippen LogP contribution in [0.1, 0.15) is 5.82 Å². The normalized spacial score (nSPS) is 10.3. The second-order valence-electron chi connectivity index (χ2n) is 2.76. The Labute approximate surface area is 108 Å². The molecule has 4 nitrogen and oxygen atoms in total. The van der Waals surface area contributed by atoms with Gasteiger partial charge in [0.1, 0.15) is 11.6 Å². The molecule has 7 heteroatoms. The van der Waals surface area contributed by atoms with Crippen molar-refractivity contribution < 1.29 is 0 Å². The van der Waals surface area contributed by atoms with Gasteiger partial charge in [0.2, 0.25) is 5.13 Å². The van der Waals surface area contributed by atoms with Gasteiger partial charge >= 0.3 is 0 Å². The lowest BCUT2D eigenvalue weighted by Crippen LogP contribution is -1.93. The summed E-state index contributed by atoms with van der Waals surface area (Å²) in [5, 5.41) is 3.83. The van der Waals surface area contributed by atoms with E-state index in [1.165, 1.54) is 11.5 Å². The van der Waals surface area contributed by atoms with E-state index in [2.05, 4.69) is 51.5 Å². The van der Waals surface area contributed by atoms with Gasteiger partial charge in [0.15, 0.2) is 0 Å². The van der Waals surface area contributed by atoms with Gasteiger partial charge in [-0.25, -0.2) is 9.97 Å². The van der Waals surface area contributed by atoms with Crippen molar-refractivity contribution in [2.45, 2.75) is 6.92 Å². The van der Waals surface area contributed by atoms with Crippen LogP contribution in [0.4, 0.5) is 10.9 Å². The van der Waals surface area contributed by atoms with E-state index in [0.29, 0.717) is 0 Å². The first kappa shape index (κ1) is 11.0. The molecule has 0 bridgehead atoms. The molecule has 0 saturated heterocycles. The largest absolute Gasteiger partial charge is 0.314 e. The molecule has 0 aliphatic heterocycles. The molecule has 0 aromatic carbocycles. The maximum absolute atomic E-state index is 4.22. The highest BCUT2D eigenvalue weighted by Gasteiger charge is 2.05. The van der Waals surface area contributed by atoms with Crippen LogP contribution in [0, 0.1) is 6.92 Å². The van der Waals surface area contributed by atoms with Crippen molar-refractivity contribution in [1.29, 1.82) is 0 Å². The zero-order valence-corrected chi connectivity index (χ0v) is 11.6. The highest BCUT2D eigenvalue weighted by atomic mass is 79.9. The van der Waals surface area contributed by atoms with Gasteiger partial charge in [0.25, 0.3) is 0 Å². The molecule has 15 heavy (non-hydrogen) atoms. The molecule has 2 heterocycles. The van der Waals surface area contributed by atoms with Gasteiger partial charge in [-0.05, 0) is 44.8 Å². The molecular weight excluding hydrogens is 344 g/mol. The summed E-state index contributed by atoms with van der Waals surface area (Å²) >= 11 is 8.07. The fourth-order valence-electron chi connectivity index (χ4n) is 0.956. The molecule has 0 aliphatic rings. The van der Waals surface area contributed by atoms with Gasteiger partial charge < -0.3 is 5.32 Å². The number of hydrogen-bond acceptors (Lipinski definition) is 5. The summed E-state index contributed by atoms with van der Waals surface area (Å²) in [7, 11) is 0. The molecule has 0 unspecified atom stereocenters. The Balaban J connectivity index is 2.24. The van der Waals surface area contributed by atoms with Crippen LogP contribution in [0.3, 0.4) is 0 Å². The average Bonchev–Trinajstić information content (AvgIpc) is 2.56. The maximum Gasteiger partial charge on any atom is 0.208 e. The molecule has 2 rings (SSSR count). The minimum absolute atomic E-state index is 0.731. The van der Waals surface area contributed by atoms with E-state index in [-0.39, 0.29) is 0 Å². The van der Waals surface area contributed by atoms with Gasteiger partial charge in [0.05, 0.1) is 4.47 Å². The van der Waals surface area contributed by atoms with Crippen LogP contribution in [-0.4, -0.2) is 14.3 Å². The second kappa shape index (κ2) is 4.54. The van der Waals surface area contributed by atoms with Crippen LogP contribution >= 0.6 is 43.4 Å². The first-order valence-electron chi connectivity index (χ1n) is 4.03. The molecule has 1 N–H and O–H groups in total. The second-order valence-corrected chi connectivity index (χ2v) is 5.28. The predicted molar refractivity (Wildman–Crippen MR) is 67.6 cm³/mol. The van der Waals surface area contributed by atoms with Crippen molar-refractivity contribution >= 4 is 54.3 Å². The first-order chi connectivity index (χ1) is 7.15. The van der Waals surface area contributed by atoms with Crippen LogP contribution in [-0.2, 0) is 0 Å². The molecule has 0 aliphatic carbocycles. The third-order valence-corrected chi connectivity index (χ3v) is 3.32. The molecule has 0 atom stereocenters. The maximum atomic E-state index is 4.22. The monoisotopic (exact) mass is 348 g/mol. The van der Waals surface area contributed by atoms with E-state index in [1.807, 2.05) is 13.0 Å². The summed E-state index contributed by atoms with van der Waals surface area (Å²) in [6.07, 6.45) is 1.72. The zero-order valence-electron chi connectivity index (χ0n) is 7.66. The van der Waals surface area contributed by atoms with E-state index in [0.717, 1.165) is 25.7 Å². The van der Waals surface area contributed by atoms with Crippen LogP contribution in [0.5, 0.6) is 0 Å². The number of nitrogens with one attached hydrogen (secondary N) is 1. The third-order valence-electron chi connectivity index (χ3n) is 1.56. The average molecular weight is 350 g/mol. The molecule has 0 radical (unpaired) electrons. The lowest BCUT2D eigenvalue weighted by Gasteiger charge is -2.03. The van der Waals surface area contributed by atoms with Gasteiger partial charge in [-0.15, -0.1) is 0 Å². The number of halogens is 2. The number of rotatable bonds is 2. The Bertz CT molecular complexity index is 485. The van der Waals surface area contributed by atoms with Gasteiger partial charge in [-0.2, -0.15) is 4.37 Å². The van der Waals surface area contributed by atoms with Crippen molar-refractivity contribution in [3.05, 3.63) is 27.0 Å². The summed E-state index contributed by atoms with van der Waals surface area (Å²) in [5.74, 6) is 1.49. The van der Waals surface area contributed by atoms with Gasteiger partial charge in [-0.3, -0.25) is 0 Å². The zero-order chi connectivity index (χ0) is 10.8. The van der Waals surface area contributed by atoms with Crippen LogP contribution in [0.15, 0.2) is 21.2 Å². The van der Waals surface area contributed by atoms with Gasteiger partial charge in [0, 0.05) is 22.2 Å². The SMILES string of the molecule is Cc1nsc(Nc2ncc(Br)cc2Br)n1. The quantitative estimate of drug-likeness (QED) is 0.901. The van der Waals surface area contributed by atoms with E-state index in [9.17, 15) is 0 Å². The first-order valence-corrected chi connectivity index (χ1v) is 6.39. The molecule has 2 aromatic rings. The molecule has 0 fully saturated rings. The Morgan fingerprint density at radius 2 is 2.20 bits per heavy atom. The Morgan fingerprint density at radius 3 is 2.80 bits per heavy atom. The number of aryl methyl sites for hydroxylation is 1. The molecular formula is C8H6Br2N4S. The van der Waals surface area contributed by atoms with Crippen molar-refractivity contribution in [2.75, 3.05) is 5.32 Å². The van der Waals surface area contributed by atoms with Crippen LogP contribution in [0.25, 0.3) is 0 Å². The summed E-state index contributed by atoms with van der Waals surface area (Å²) in [6, 6.07) is 1.92. The molecule has 0 saturated carbocycles. The van der Waals surface area contributed by atoms with E-state index in [1.54, 1.807) is 6.20 Å². The standard InChI is InChI=1S/C8H6Br2N4S/c1-4-12-8(15-14-4)13-7-6(10)2-5(9)3-11-7/h2-3H,1H3,(H,11,12,13,14). The number of anilines is 2. The number of pyridine rings is 1. The molecule has 0 amide bonds. The highest BCUT2D eigenvalue weighted by Crippen LogP contribution is 2.26. The topological polar surface area (TPSA) is 50.7 Å². The summed E-state index contributed by atoms with van der Waals surface area (Å²) < 4.78 is 5.88. The summed E-state index contributed by atoms with van der Waals surface area (Å²) in [4.78, 5) is 8.41. The fourth-order valence-corrected chi connectivity index (χ4v) is 2.62. The molecule has 78 valence electrons. The lowest BCUT2D eigenvalue weighted by molar-refractivity contribution is 1.16. The summed E-state index contributed by atoms with van der Waals surface area (Å²) in [6.45, 7) is 1.85. The number of aromatic nitrogens is 3. The Kier molecular flexibility index (Phi) is 3.32. The van der Waals surface area contributed by atoms with E-state index in [4.69, 9.17) is 0 Å². The van der Waals surface area contributed by atoms with Crippen LogP contribution < -0.4 is 5.32 Å². The molecule has 2 aromatic heterocycles. The van der Waals surface area contributed by atoms with E-state index < -0.39 is 0 Å².